The molecule has 0 saturated carbocycles. The zero-order chi connectivity index (χ0) is 26.3. The number of H-pyrrole nitrogens is 1. The molecule has 3 aromatic carbocycles. The van der Waals surface area contributed by atoms with E-state index >= 15 is 0 Å². The minimum Gasteiger partial charge on any atom is -0.360 e. The Bertz CT molecular complexity index is 1860. The molecule has 0 aliphatic carbocycles. The molecular weight excluding hydrogens is 486 g/mol. The molecule has 6 rings (SSSR count). The largest absolute Gasteiger partial charge is 0.360 e. The number of anilines is 1. The molecule has 2 N–H and O–H groups in total. The van der Waals surface area contributed by atoms with Crippen molar-refractivity contribution in [1.82, 2.24) is 19.3 Å². The second-order valence-corrected chi connectivity index (χ2v) is 12.0. The molecule has 0 radical (unpaired) electrons. The Morgan fingerprint density at radius 1 is 1.03 bits per heavy atom. The van der Waals surface area contributed by atoms with Crippen LogP contribution in [0.5, 0.6) is 0 Å². The molecule has 188 valence electrons. The van der Waals surface area contributed by atoms with Crippen LogP contribution in [0.1, 0.15) is 25.0 Å². The van der Waals surface area contributed by atoms with Gasteiger partial charge in [-0.15, -0.1) is 0 Å². The van der Waals surface area contributed by atoms with Crippen LogP contribution < -0.4 is 9.62 Å². The van der Waals surface area contributed by atoms with Crippen molar-refractivity contribution in [3.63, 3.8) is 0 Å². The van der Waals surface area contributed by atoms with E-state index in [9.17, 15) is 13.2 Å². The highest BCUT2D eigenvalue weighted by Gasteiger charge is 2.42. The summed E-state index contributed by atoms with van der Waals surface area (Å²) in [6, 6.07) is 17.1. The van der Waals surface area contributed by atoms with Crippen LogP contribution in [0.25, 0.3) is 39.0 Å². The number of rotatable bonds is 4. The first-order valence-corrected chi connectivity index (χ1v) is 13.5. The second kappa shape index (κ2) is 7.77. The molecule has 1 aliphatic heterocycles. The maximum absolute atomic E-state index is 12.9. The topological polar surface area (TPSA) is 100 Å². The molecule has 0 spiro atoms. The molecule has 5 aromatic rings. The van der Waals surface area contributed by atoms with Crippen LogP contribution in [0.15, 0.2) is 65.7 Å². The number of sulfonamides is 1. The van der Waals surface area contributed by atoms with Crippen LogP contribution in [0.4, 0.5) is 5.69 Å². The number of carbonyl (C=O) groups excluding carboxylic acids is 1. The number of carbonyl (C=O) groups is 1. The number of nitrogens with one attached hydrogen (secondary N) is 2. The van der Waals surface area contributed by atoms with E-state index in [2.05, 4.69) is 27.9 Å². The van der Waals surface area contributed by atoms with Crippen molar-refractivity contribution in [1.29, 1.82) is 0 Å². The van der Waals surface area contributed by atoms with E-state index < -0.39 is 15.4 Å². The number of hydrogen-bond acceptors (Lipinski definition) is 4. The van der Waals surface area contributed by atoms with E-state index in [0.29, 0.717) is 16.9 Å². The summed E-state index contributed by atoms with van der Waals surface area (Å²) in [7, 11) is -0.481. The van der Waals surface area contributed by atoms with Crippen molar-refractivity contribution in [2.45, 2.75) is 31.1 Å². The molecule has 37 heavy (non-hydrogen) atoms. The van der Waals surface area contributed by atoms with Crippen molar-refractivity contribution in [3.05, 3.63) is 71.9 Å². The standard InChI is InChI=1S/C28H27N5O3S/c1-16-6-9-19-20(15-30-23(19)12-16)26-31-22-10-8-18(37(35,36)29-4)14-25(22)33(26)17-7-11-24-21(13-17)28(2,3)27(34)32(24)5/h6-15,29-30H,1-5H3. The van der Waals surface area contributed by atoms with Gasteiger partial charge in [-0.2, -0.15) is 0 Å². The van der Waals surface area contributed by atoms with Crippen LogP contribution in [-0.4, -0.2) is 43.0 Å². The number of fused-ring (bicyclic) bond motifs is 3. The van der Waals surface area contributed by atoms with Gasteiger partial charge in [-0.05, 0) is 81.4 Å². The highest BCUT2D eigenvalue weighted by atomic mass is 32.2. The Hall–Kier alpha value is -3.95. The minimum absolute atomic E-state index is 0.0322. The van der Waals surface area contributed by atoms with Crippen LogP contribution in [0, 0.1) is 6.92 Å². The van der Waals surface area contributed by atoms with Crippen molar-refractivity contribution in [2.75, 3.05) is 19.0 Å². The third kappa shape index (κ3) is 3.34. The predicted octanol–water partition coefficient (Wildman–Crippen LogP) is 4.64. The summed E-state index contributed by atoms with van der Waals surface area (Å²) < 4.78 is 29.7. The lowest BCUT2D eigenvalue weighted by Gasteiger charge is -2.17. The Kier molecular flexibility index (Phi) is 4.93. The molecule has 8 nitrogen and oxygen atoms in total. The smallest absolute Gasteiger partial charge is 0.240 e. The Morgan fingerprint density at radius 3 is 2.57 bits per heavy atom. The van der Waals surface area contributed by atoms with Crippen LogP contribution >= 0.6 is 0 Å². The molecular formula is C28H27N5O3S. The molecule has 2 aromatic heterocycles. The SMILES string of the molecule is CNS(=O)(=O)c1ccc2nc(-c3c[nH]c4cc(C)ccc34)n(-c3ccc4c(c3)C(C)(C)C(=O)N4C)c2c1. The summed E-state index contributed by atoms with van der Waals surface area (Å²) in [4.78, 5) is 23.1. The average molecular weight is 514 g/mol. The maximum atomic E-state index is 12.9. The minimum atomic E-state index is -3.66. The lowest BCUT2D eigenvalue weighted by atomic mass is 9.86. The number of hydrogen-bond donors (Lipinski definition) is 2. The first kappa shape index (κ1) is 23.4. The summed E-state index contributed by atoms with van der Waals surface area (Å²) in [6.45, 7) is 5.89. The van der Waals surface area contributed by atoms with Crippen molar-refractivity contribution < 1.29 is 13.2 Å². The zero-order valence-electron chi connectivity index (χ0n) is 21.2. The molecule has 9 heteroatoms. The van der Waals surface area contributed by atoms with Gasteiger partial charge in [0.15, 0.2) is 0 Å². The van der Waals surface area contributed by atoms with Crippen molar-refractivity contribution in [3.8, 4) is 17.1 Å². The number of aromatic nitrogens is 3. The van der Waals surface area contributed by atoms with Gasteiger partial charge in [0.05, 0.1) is 21.3 Å². The molecule has 0 saturated heterocycles. The highest BCUT2D eigenvalue weighted by molar-refractivity contribution is 7.89. The van der Waals surface area contributed by atoms with E-state index in [1.807, 2.05) is 49.7 Å². The number of benzene rings is 3. The summed E-state index contributed by atoms with van der Waals surface area (Å²) in [5.41, 5.74) is 6.26. The third-order valence-corrected chi connectivity index (χ3v) is 8.81. The number of likely N-dealkylation sites (N-methyl/N-ethyl adjacent to an activating group) is 1. The summed E-state index contributed by atoms with van der Waals surface area (Å²) in [5, 5.41) is 1.02. The van der Waals surface area contributed by atoms with Crippen LogP contribution in [0.2, 0.25) is 0 Å². The van der Waals surface area contributed by atoms with Gasteiger partial charge in [0, 0.05) is 41.1 Å². The molecule has 3 heterocycles. The van der Waals surface area contributed by atoms with Gasteiger partial charge in [-0.1, -0.05) is 12.1 Å². The molecule has 1 amide bonds. The van der Waals surface area contributed by atoms with E-state index in [0.717, 1.165) is 39.0 Å². The monoisotopic (exact) mass is 513 g/mol. The maximum Gasteiger partial charge on any atom is 0.240 e. The first-order valence-electron chi connectivity index (χ1n) is 12.0. The van der Waals surface area contributed by atoms with E-state index in [-0.39, 0.29) is 10.8 Å². The predicted molar refractivity (Wildman–Crippen MR) is 146 cm³/mol. The van der Waals surface area contributed by atoms with Gasteiger partial charge < -0.3 is 9.88 Å². The zero-order valence-corrected chi connectivity index (χ0v) is 22.1. The van der Waals surface area contributed by atoms with Crippen molar-refractivity contribution in [2.24, 2.45) is 0 Å². The summed E-state index contributed by atoms with van der Waals surface area (Å²) in [6.07, 6.45) is 1.93. The van der Waals surface area contributed by atoms with Crippen LogP contribution in [-0.2, 0) is 20.2 Å². The lowest BCUT2D eigenvalue weighted by molar-refractivity contribution is -0.121. The molecule has 0 fully saturated rings. The molecule has 0 atom stereocenters. The Balaban J connectivity index is 1.68. The molecule has 1 aliphatic rings. The van der Waals surface area contributed by atoms with Gasteiger partial charge in [0.25, 0.3) is 0 Å². The Labute approximate surface area is 215 Å². The average Bonchev–Trinajstić information content (AvgIpc) is 3.51. The normalized spacial score (nSPS) is 15.2. The highest BCUT2D eigenvalue weighted by Crippen LogP contribution is 2.43. The quantitative estimate of drug-likeness (QED) is 0.366. The second-order valence-electron chi connectivity index (χ2n) is 10.1. The van der Waals surface area contributed by atoms with E-state index in [1.54, 1.807) is 30.1 Å². The van der Waals surface area contributed by atoms with Gasteiger partial charge in [-0.3, -0.25) is 9.36 Å². The number of imidazole rings is 1. The number of aryl methyl sites for hydroxylation is 1. The molecule has 0 bridgehead atoms. The summed E-state index contributed by atoms with van der Waals surface area (Å²) in [5.74, 6) is 0.712. The first-order chi connectivity index (χ1) is 17.5. The third-order valence-electron chi connectivity index (χ3n) is 7.40. The number of nitrogens with zero attached hydrogens (tertiary/aromatic N) is 3. The number of aromatic amines is 1. The van der Waals surface area contributed by atoms with E-state index in [1.165, 1.54) is 7.05 Å². The van der Waals surface area contributed by atoms with Gasteiger partial charge in [0.1, 0.15) is 5.82 Å². The number of amides is 1. The fourth-order valence-electron chi connectivity index (χ4n) is 5.31. The van der Waals surface area contributed by atoms with Gasteiger partial charge in [0.2, 0.25) is 15.9 Å². The summed E-state index contributed by atoms with van der Waals surface area (Å²) >= 11 is 0. The Morgan fingerprint density at radius 2 is 1.81 bits per heavy atom. The fraction of sp³-hybridized carbons (Fsp3) is 0.214. The van der Waals surface area contributed by atoms with E-state index in [4.69, 9.17) is 4.98 Å². The fourth-order valence-corrected chi connectivity index (χ4v) is 6.06. The van der Waals surface area contributed by atoms with Gasteiger partial charge >= 0.3 is 0 Å². The molecule has 0 unspecified atom stereocenters. The van der Waals surface area contributed by atoms with Gasteiger partial charge in [-0.25, -0.2) is 18.1 Å². The lowest BCUT2D eigenvalue weighted by Crippen LogP contribution is -2.33. The van der Waals surface area contributed by atoms with Crippen molar-refractivity contribution >= 4 is 43.6 Å². The van der Waals surface area contributed by atoms with Crippen LogP contribution in [0.3, 0.4) is 0 Å².